The molecule has 156 valence electrons. The standard InChI is InChI=1S/C24H36O2Si3/c1-8-19-27-24(20-11-15-22(16-12-20)28(4,5)25-9-2)21-13-17-23(18-14-21)29(6,7)26-10-3/h8,11-18,24H,1,9-10,19H2,2-7H3. The van der Waals surface area contributed by atoms with Gasteiger partial charge in [0, 0.05) is 13.2 Å². The van der Waals surface area contributed by atoms with Crippen LogP contribution >= 0.6 is 0 Å². The summed E-state index contributed by atoms with van der Waals surface area (Å²) < 4.78 is 12.1. The lowest BCUT2D eigenvalue weighted by atomic mass is 10.0. The number of hydrogen-bond acceptors (Lipinski definition) is 2. The van der Waals surface area contributed by atoms with Crippen molar-refractivity contribution in [3.8, 4) is 0 Å². The number of allylic oxidation sites excluding steroid dienone is 1. The van der Waals surface area contributed by atoms with Crippen molar-refractivity contribution in [2.75, 3.05) is 13.2 Å². The highest BCUT2D eigenvalue weighted by atomic mass is 28.4. The van der Waals surface area contributed by atoms with E-state index < -0.39 is 16.6 Å². The summed E-state index contributed by atoms with van der Waals surface area (Å²) in [6.07, 6.45) is 2.03. The third-order valence-electron chi connectivity index (χ3n) is 5.36. The zero-order chi connectivity index (χ0) is 21.5. The molecule has 0 heterocycles. The molecule has 29 heavy (non-hydrogen) atoms. The van der Waals surface area contributed by atoms with Gasteiger partial charge in [0.05, 0.1) is 9.52 Å². The van der Waals surface area contributed by atoms with Crippen LogP contribution in [0, 0.1) is 0 Å². The summed E-state index contributed by atoms with van der Waals surface area (Å²) in [5.41, 5.74) is 3.17. The Labute approximate surface area is 182 Å². The van der Waals surface area contributed by atoms with Gasteiger partial charge in [0.1, 0.15) is 0 Å². The molecule has 2 rings (SSSR count). The molecule has 2 aromatic carbocycles. The molecule has 0 unspecified atom stereocenters. The van der Waals surface area contributed by atoms with Crippen LogP contribution in [0.1, 0.15) is 30.5 Å². The first-order valence-corrected chi connectivity index (χ1v) is 17.7. The highest BCUT2D eigenvalue weighted by molar-refractivity contribution is 6.84. The van der Waals surface area contributed by atoms with Crippen LogP contribution in [0.15, 0.2) is 61.2 Å². The average molecular weight is 441 g/mol. The quantitative estimate of drug-likeness (QED) is 0.362. The predicted molar refractivity (Wildman–Crippen MR) is 133 cm³/mol. The zero-order valence-corrected chi connectivity index (χ0v) is 21.9. The summed E-state index contributed by atoms with van der Waals surface area (Å²) in [5.74, 6) is 0. The van der Waals surface area contributed by atoms with Gasteiger partial charge in [-0.2, -0.15) is 0 Å². The lowest BCUT2D eigenvalue weighted by Crippen LogP contribution is -2.44. The molecule has 0 spiro atoms. The van der Waals surface area contributed by atoms with Crippen molar-refractivity contribution in [2.24, 2.45) is 0 Å². The van der Waals surface area contributed by atoms with E-state index >= 15 is 0 Å². The van der Waals surface area contributed by atoms with E-state index in [1.807, 2.05) is 6.08 Å². The van der Waals surface area contributed by atoms with E-state index in [4.69, 9.17) is 8.85 Å². The first-order chi connectivity index (χ1) is 13.7. The van der Waals surface area contributed by atoms with Gasteiger partial charge in [0.25, 0.3) is 0 Å². The molecule has 0 saturated carbocycles. The van der Waals surface area contributed by atoms with Gasteiger partial charge in [-0.25, -0.2) is 0 Å². The summed E-state index contributed by atoms with van der Waals surface area (Å²) in [6, 6.07) is 19.4. The molecule has 0 atom stereocenters. The Morgan fingerprint density at radius 1 is 0.793 bits per heavy atom. The molecular formula is C24H36O2Si3. The number of benzene rings is 2. The third kappa shape index (κ3) is 6.36. The monoisotopic (exact) mass is 440 g/mol. The Kier molecular flexibility index (Phi) is 8.85. The second-order valence-corrected chi connectivity index (χ2v) is 17.4. The molecule has 5 heteroatoms. The van der Waals surface area contributed by atoms with Crippen LogP contribution in [0.2, 0.25) is 32.2 Å². The molecule has 0 aromatic heterocycles. The zero-order valence-electron chi connectivity index (χ0n) is 18.9. The molecular weight excluding hydrogens is 405 g/mol. The fraction of sp³-hybridized carbons (Fsp3) is 0.417. The van der Waals surface area contributed by atoms with Gasteiger partial charge in [0.2, 0.25) is 16.6 Å². The van der Waals surface area contributed by atoms with E-state index in [0.717, 1.165) is 28.8 Å². The Hall–Kier alpha value is -1.25. The van der Waals surface area contributed by atoms with Crippen molar-refractivity contribution in [2.45, 2.75) is 51.6 Å². The van der Waals surface area contributed by atoms with Gasteiger partial charge >= 0.3 is 0 Å². The molecule has 2 nitrogen and oxygen atoms in total. The smallest absolute Gasteiger partial charge is 0.218 e. The van der Waals surface area contributed by atoms with E-state index in [0.29, 0.717) is 5.54 Å². The fourth-order valence-corrected chi connectivity index (χ4v) is 8.65. The number of rotatable bonds is 11. The summed E-state index contributed by atoms with van der Waals surface area (Å²) in [6.45, 7) is 18.7. The lowest BCUT2D eigenvalue weighted by Gasteiger charge is -2.25. The number of hydrogen-bond donors (Lipinski definition) is 0. The highest BCUT2D eigenvalue weighted by Gasteiger charge is 2.26. The van der Waals surface area contributed by atoms with Crippen LogP contribution in [-0.2, 0) is 8.85 Å². The second-order valence-electron chi connectivity index (χ2n) is 8.26. The van der Waals surface area contributed by atoms with Crippen molar-refractivity contribution in [3.63, 3.8) is 0 Å². The van der Waals surface area contributed by atoms with Gasteiger partial charge in [-0.05, 0) is 73.1 Å². The molecule has 0 N–H and O–H groups in total. The Morgan fingerprint density at radius 2 is 1.17 bits per heavy atom. The maximum Gasteiger partial charge on any atom is 0.218 e. The van der Waals surface area contributed by atoms with Crippen molar-refractivity contribution in [1.82, 2.24) is 0 Å². The Bertz CT molecular complexity index is 706. The molecule has 0 fully saturated rings. The topological polar surface area (TPSA) is 18.5 Å². The predicted octanol–water partition coefficient (Wildman–Crippen LogP) is 4.98. The van der Waals surface area contributed by atoms with Gasteiger partial charge in [0.15, 0.2) is 0 Å². The molecule has 0 aliphatic heterocycles. The summed E-state index contributed by atoms with van der Waals surface area (Å²) in [4.78, 5) is 0. The first kappa shape index (κ1) is 24.0. The van der Waals surface area contributed by atoms with Crippen molar-refractivity contribution < 1.29 is 8.85 Å². The van der Waals surface area contributed by atoms with Gasteiger partial charge in [-0.15, -0.1) is 6.58 Å². The summed E-state index contributed by atoms with van der Waals surface area (Å²) >= 11 is 0. The molecule has 0 bridgehead atoms. The molecule has 0 saturated heterocycles. The van der Waals surface area contributed by atoms with Crippen LogP contribution in [-0.4, -0.2) is 39.4 Å². The normalized spacial score (nSPS) is 12.4. The summed E-state index contributed by atoms with van der Waals surface area (Å²) in [5, 5.41) is 2.71. The van der Waals surface area contributed by atoms with Gasteiger partial charge in [-0.3, -0.25) is 0 Å². The van der Waals surface area contributed by atoms with Gasteiger partial charge in [-0.1, -0.05) is 54.6 Å². The molecule has 0 aliphatic rings. The highest BCUT2D eigenvalue weighted by Crippen LogP contribution is 2.25. The van der Waals surface area contributed by atoms with E-state index in [-0.39, 0.29) is 0 Å². The lowest BCUT2D eigenvalue weighted by molar-refractivity contribution is 0.338. The molecule has 2 radical (unpaired) electrons. The third-order valence-corrected chi connectivity index (χ3v) is 12.4. The van der Waals surface area contributed by atoms with E-state index in [2.05, 4.69) is 95.1 Å². The van der Waals surface area contributed by atoms with Crippen molar-refractivity contribution in [1.29, 1.82) is 0 Å². The molecule has 2 aromatic rings. The van der Waals surface area contributed by atoms with Crippen molar-refractivity contribution in [3.05, 3.63) is 72.3 Å². The maximum absolute atomic E-state index is 6.05. The minimum atomic E-state index is -1.80. The van der Waals surface area contributed by atoms with Crippen LogP contribution in [0.3, 0.4) is 0 Å². The van der Waals surface area contributed by atoms with Crippen molar-refractivity contribution >= 4 is 36.5 Å². The molecule has 0 amide bonds. The molecule has 0 aliphatic carbocycles. The Balaban J connectivity index is 2.31. The maximum atomic E-state index is 6.05. The van der Waals surface area contributed by atoms with Crippen LogP contribution < -0.4 is 10.4 Å². The van der Waals surface area contributed by atoms with Gasteiger partial charge < -0.3 is 8.85 Å². The van der Waals surface area contributed by atoms with Crippen LogP contribution in [0.4, 0.5) is 0 Å². The average Bonchev–Trinajstić information content (AvgIpc) is 2.69. The van der Waals surface area contributed by atoms with E-state index in [1.54, 1.807) is 0 Å². The van der Waals surface area contributed by atoms with E-state index in [1.165, 1.54) is 21.5 Å². The SMILES string of the molecule is C=CC[Si]C(c1ccc([Si](C)(C)OCC)cc1)c1ccc([Si](C)(C)OCC)cc1. The minimum absolute atomic E-state index is 0.407. The Morgan fingerprint density at radius 3 is 1.48 bits per heavy atom. The fourth-order valence-electron chi connectivity index (χ4n) is 3.67. The minimum Gasteiger partial charge on any atom is -0.413 e. The first-order valence-electron chi connectivity index (χ1n) is 10.6. The largest absolute Gasteiger partial charge is 0.413 e. The van der Waals surface area contributed by atoms with Crippen LogP contribution in [0.25, 0.3) is 0 Å². The second kappa shape index (κ2) is 10.7. The van der Waals surface area contributed by atoms with Crippen LogP contribution in [0.5, 0.6) is 0 Å². The van der Waals surface area contributed by atoms with E-state index in [9.17, 15) is 0 Å². The summed E-state index contributed by atoms with van der Waals surface area (Å²) in [7, 11) is -2.81.